The number of ether oxygens (including phenoxy) is 2. The van der Waals surface area contributed by atoms with Crippen LogP contribution in [0.15, 0.2) is 12.1 Å². The van der Waals surface area contributed by atoms with Gasteiger partial charge in [0.2, 0.25) is 5.91 Å². The molecule has 2 unspecified atom stereocenters. The van der Waals surface area contributed by atoms with E-state index >= 15 is 0 Å². The molecule has 0 aromatic heterocycles. The fraction of sp³-hybridized carbons (Fsp3) is 0.600. The molecule has 30 heavy (non-hydrogen) atoms. The molecule has 1 fully saturated rings. The van der Waals surface area contributed by atoms with Crippen molar-refractivity contribution in [3.8, 4) is 11.5 Å². The molecule has 166 valence electrons. The quantitative estimate of drug-likeness (QED) is 0.475. The highest BCUT2D eigenvalue weighted by molar-refractivity contribution is 5.77. The van der Waals surface area contributed by atoms with Crippen molar-refractivity contribution in [2.75, 3.05) is 14.2 Å². The molecule has 2 rings (SSSR count). The Morgan fingerprint density at radius 2 is 1.97 bits per heavy atom. The SMILES string of the molecule is CCC(NOC(=O)Cc1cc(OC)c(OC)cc1[N+](=O)[O-])N1C(=O)CCCCC1C. The Morgan fingerprint density at radius 1 is 1.30 bits per heavy atom. The van der Waals surface area contributed by atoms with Crippen molar-refractivity contribution in [2.24, 2.45) is 0 Å². The Hall–Kier alpha value is -2.88. The van der Waals surface area contributed by atoms with Crippen molar-refractivity contribution in [1.29, 1.82) is 0 Å². The first-order valence-electron chi connectivity index (χ1n) is 9.97. The number of rotatable bonds is 9. The van der Waals surface area contributed by atoms with Crippen LogP contribution in [0.2, 0.25) is 0 Å². The van der Waals surface area contributed by atoms with Crippen molar-refractivity contribution >= 4 is 17.6 Å². The van der Waals surface area contributed by atoms with Gasteiger partial charge < -0.3 is 19.2 Å². The number of nitrogens with zero attached hydrogens (tertiary/aromatic N) is 2. The number of nitro groups is 1. The van der Waals surface area contributed by atoms with Crippen molar-refractivity contribution < 1.29 is 28.8 Å². The van der Waals surface area contributed by atoms with Gasteiger partial charge in [-0.3, -0.25) is 19.7 Å². The molecule has 1 N–H and O–H groups in total. The van der Waals surface area contributed by atoms with E-state index in [2.05, 4.69) is 5.48 Å². The Bertz CT molecular complexity index is 784. The minimum absolute atomic E-state index is 0.0194. The maximum atomic E-state index is 12.5. The van der Waals surface area contributed by atoms with Gasteiger partial charge in [-0.1, -0.05) is 13.3 Å². The van der Waals surface area contributed by atoms with E-state index in [0.717, 1.165) is 19.3 Å². The minimum atomic E-state index is -0.710. The second-order valence-corrected chi connectivity index (χ2v) is 7.18. The molecule has 0 spiro atoms. The van der Waals surface area contributed by atoms with Crippen LogP contribution in [0, 0.1) is 10.1 Å². The summed E-state index contributed by atoms with van der Waals surface area (Å²) in [6.07, 6.45) is 2.91. The van der Waals surface area contributed by atoms with Gasteiger partial charge in [-0.2, -0.15) is 0 Å². The molecule has 1 aromatic rings. The van der Waals surface area contributed by atoms with Gasteiger partial charge in [0.25, 0.3) is 5.69 Å². The molecule has 1 aliphatic heterocycles. The zero-order valence-electron chi connectivity index (χ0n) is 17.8. The van der Waals surface area contributed by atoms with Crippen LogP contribution in [0.3, 0.4) is 0 Å². The molecule has 2 atom stereocenters. The number of carbonyl (C=O) groups excluding carboxylic acids is 2. The number of hydrogen-bond donors (Lipinski definition) is 1. The number of amides is 1. The number of nitrogens with one attached hydrogen (secondary N) is 1. The molecule has 0 radical (unpaired) electrons. The highest BCUT2D eigenvalue weighted by atomic mass is 16.7. The summed E-state index contributed by atoms with van der Waals surface area (Å²) in [7, 11) is 2.77. The van der Waals surface area contributed by atoms with Gasteiger partial charge in [0, 0.05) is 18.0 Å². The second kappa shape index (κ2) is 10.8. The molecular weight excluding hydrogens is 394 g/mol. The minimum Gasteiger partial charge on any atom is -0.493 e. The van der Waals surface area contributed by atoms with Gasteiger partial charge in [-0.05, 0) is 32.3 Å². The van der Waals surface area contributed by atoms with Crippen molar-refractivity contribution in [2.45, 2.75) is 64.6 Å². The molecule has 1 aromatic carbocycles. The Morgan fingerprint density at radius 3 is 2.57 bits per heavy atom. The third-order valence-corrected chi connectivity index (χ3v) is 5.17. The number of hydroxylamine groups is 1. The van der Waals surface area contributed by atoms with E-state index in [4.69, 9.17) is 14.3 Å². The summed E-state index contributed by atoms with van der Waals surface area (Å²) in [6, 6.07) is 2.63. The van der Waals surface area contributed by atoms with Crippen LogP contribution in [0.5, 0.6) is 11.5 Å². The Labute approximate surface area is 175 Å². The lowest BCUT2D eigenvalue weighted by atomic mass is 10.1. The van der Waals surface area contributed by atoms with E-state index in [1.54, 1.807) is 4.90 Å². The Kier molecular flexibility index (Phi) is 8.40. The van der Waals surface area contributed by atoms with Crippen LogP contribution in [0.25, 0.3) is 0 Å². The van der Waals surface area contributed by atoms with Crippen LogP contribution in [-0.4, -0.2) is 48.1 Å². The van der Waals surface area contributed by atoms with Crippen LogP contribution < -0.4 is 15.0 Å². The van der Waals surface area contributed by atoms with Gasteiger partial charge in [0.15, 0.2) is 11.5 Å². The van der Waals surface area contributed by atoms with Crippen LogP contribution in [-0.2, 0) is 20.8 Å². The summed E-state index contributed by atoms with van der Waals surface area (Å²) < 4.78 is 10.2. The molecule has 1 aliphatic rings. The predicted octanol–water partition coefficient (Wildman–Crippen LogP) is 2.73. The topological polar surface area (TPSA) is 120 Å². The maximum absolute atomic E-state index is 12.5. The molecule has 1 heterocycles. The average Bonchev–Trinajstić information content (AvgIpc) is 2.88. The molecule has 0 bridgehead atoms. The molecule has 1 saturated heterocycles. The molecule has 0 aliphatic carbocycles. The van der Waals surface area contributed by atoms with Gasteiger partial charge >= 0.3 is 5.97 Å². The van der Waals surface area contributed by atoms with Crippen molar-refractivity contribution in [3.63, 3.8) is 0 Å². The van der Waals surface area contributed by atoms with Gasteiger partial charge in [0.1, 0.15) is 6.17 Å². The molecule has 10 heteroatoms. The smallest absolute Gasteiger partial charge is 0.329 e. The highest BCUT2D eigenvalue weighted by Crippen LogP contribution is 2.34. The first-order chi connectivity index (χ1) is 14.3. The number of carbonyl (C=O) groups is 2. The third-order valence-electron chi connectivity index (χ3n) is 5.17. The van der Waals surface area contributed by atoms with Crippen LogP contribution >= 0.6 is 0 Å². The average molecular weight is 423 g/mol. The predicted molar refractivity (Wildman–Crippen MR) is 108 cm³/mol. The zero-order chi connectivity index (χ0) is 22.3. The summed E-state index contributed by atoms with van der Waals surface area (Å²) in [5.74, 6) is -0.224. The Balaban J connectivity index is 2.11. The first-order valence-corrected chi connectivity index (χ1v) is 9.97. The van der Waals surface area contributed by atoms with Crippen molar-refractivity contribution in [3.05, 3.63) is 27.8 Å². The van der Waals surface area contributed by atoms with E-state index in [9.17, 15) is 19.7 Å². The summed E-state index contributed by atoms with van der Waals surface area (Å²) in [5, 5.41) is 11.4. The lowest BCUT2D eigenvalue weighted by Crippen LogP contribution is -2.52. The molecular formula is C20H29N3O7. The zero-order valence-corrected chi connectivity index (χ0v) is 17.8. The van der Waals surface area contributed by atoms with Gasteiger partial charge in [-0.15, -0.1) is 5.48 Å². The van der Waals surface area contributed by atoms with E-state index in [1.165, 1.54) is 26.4 Å². The summed E-state index contributed by atoms with van der Waals surface area (Å²) >= 11 is 0. The lowest BCUT2D eigenvalue weighted by molar-refractivity contribution is -0.385. The van der Waals surface area contributed by atoms with Crippen LogP contribution in [0.4, 0.5) is 5.69 Å². The molecule has 0 saturated carbocycles. The highest BCUT2D eigenvalue weighted by Gasteiger charge is 2.30. The number of methoxy groups -OCH3 is 2. The summed E-state index contributed by atoms with van der Waals surface area (Å²) in [4.78, 5) is 42.5. The largest absolute Gasteiger partial charge is 0.493 e. The van der Waals surface area contributed by atoms with E-state index in [-0.39, 0.29) is 41.1 Å². The fourth-order valence-corrected chi connectivity index (χ4v) is 3.60. The number of likely N-dealkylation sites (tertiary alicyclic amines) is 1. The van der Waals surface area contributed by atoms with Gasteiger partial charge in [-0.25, -0.2) is 0 Å². The number of nitro benzene ring substituents is 1. The second-order valence-electron chi connectivity index (χ2n) is 7.18. The van der Waals surface area contributed by atoms with E-state index < -0.39 is 17.1 Å². The lowest BCUT2D eigenvalue weighted by Gasteiger charge is -2.34. The van der Waals surface area contributed by atoms with E-state index in [0.29, 0.717) is 12.8 Å². The number of hydrogen-bond acceptors (Lipinski definition) is 8. The molecule has 10 nitrogen and oxygen atoms in total. The number of benzene rings is 1. The van der Waals surface area contributed by atoms with E-state index in [1.807, 2.05) is 13.8 Å². The summed E-state index contributed by atoms with van der Waals surface area (Å²) in [5.41, 5.74) is 2.54. The standard InChI is InChI=1S/C20H29N3O7/c1-5-18(22-13(2)8-6-7-9-19(22)24)21-30-20(25)11-14-10-16(28-3)17(29-4)12-15(14)23(26)27/h10,12-13,18,21H,5-9,11H2,1-4H3. The normalized spacial score (nSPS) is 17.8. The molecule has 1 amide bonds. The third kappa shape index (κ3) is 5.59. The van der Waals surface area contributed by atoms with Crippen molar-refractivity contribution in [1.82, 2.24) is 10.4 Å². The van der Waals surface area contributed by atoms with Crippen LogP contribution in [0.1, 0.15) is 51.5 Å². The summed E-state index contributed by atoms with van der Waals surface area (Å²) in [6.45, 7) is 3.86. The maximum Gasteiger partial charge on any atom is 0.329 e. The monoisotopic (exact) mass is 423 g/mol. The van der Waals surface area contributed by atoms with Gasteiger partial charge in [0.05, 0.1) is 31.6 Å². The fourth-order valence-electron chi connectivity index (χ4n) is 3.60. The first kappa shape index (κ1) is 23.4.